The Balaban J connectivity index is 1.52. The molecule has 2 aliphatic heterocycles. The van der Waals surface area contributed by atoms with Crippen LogP contribution in [0.4, 0.5) is 5.95 Å². The van der Waals surface area contributed by atoms with Crippen LogP contribution >= 0.6 is 0 Å². The highest BCUT2D eigenvalue weighted by atomic mass is 15.3. The molecule has 1 aromatic rings. The molecule has 0 amide bonds. The minimum absolute atomic E-state index is 0.316. The molecule has 5 heteroatoms. The maximum absolute atomic E-state index is 4.65. The first-order chi connectivity index (χ1) is 9.83. The summed E-state index contributed by atoms with van der Waals surface area (Å²) in [5.74, 6) is 2.88. The maximum Gasteiger partial charge on any atom is 0.209 e. The fourth-order valence-electron chi connectivity index (χ4n) is 3.29. The summed E-state index contributed by atoms with van der Waals surface area (Å²) in [6, 6.07) is 0.316. The summed E-state index contributed by atoms with van der Waals surface area (Å²) in [5, 5.41) is 6.95. The Hall–Kier alpha value is -1.62. The highest BCUT2D eigenvalue weighted by Crippen LogP contribution is 2.33. The molecule has 2 N–H and O–H groups in total. The third-order valence-electron chi connectivity index (χ3n) is 4.71. The van der Waals surface area contributed by atoms with Gasteiger partial charge in [-0.15, -0.1) is 0 Å². The van der Waals surface area contributed by atoms with E-state index in [1.165, 1.54) is 25.0 Å². The maximum atomic E-state index is 4.65. The Labute approximate surface area is 119 Å². The molecular formula is C15H21N5. The topological polar surface area (TPSA) is 54.2 Å². The van der Waals surface area contributed by atoms with Gasteiger partial charge in [0.1, 0.15) is 5.84 Å². The van der Waals surface area contributed by atoms with Crippen molar-refractivity contribution in [2.75, 3.05) is 11.9 Å². The van der Waals surface area contributed by atoms with Crippen LogP contribution in [-0.2, 0) is 6.54 Å². The molecule has 106 valence electrons. The lowest BCUT2D eigenvalue weighted by atomic mass is 9.85. The lowest BCUT2D eigenvalue weighted by Gasteiger charge is -2.25. The number of aromatic nitrogens is 2. The summed E-state index contributed by atoms with van der Waals surface area (Å²) in [7, 11) is 0. The van der Waals surface area contributed by atoms with E-state index in [1.54, 1.807) is 0 Å². The van der Waals surface area contributed by atoms with Crippen molar-refractivity contribution in [2.24, 2.45) is 10.9 Å². The van der Waals surface area contributed by atoms with E-state index in [0.717, 1.165) is 42.9 Å². The Kier molecular flexibility index (Phi) is 2.88. The van der Waals surface area contributed by atoms with Crippen molar-refractivity contribution < 1.29 is 0 Å². The number of nitrogens with one attached hydrogen (secondary N) is 2. The third-order valence-corrected chi connectivity index (χ3v) is 4.71. The number of fused-ring (bicyclic) bond motifs is 3. The SMILES string of the molecule is Cc1nc2n(c1CNCC1CCC1)C1CC=CN=C1N2. The summed E-state index contributed by atoms with van der Waals surface area (Å²) < 4.78 is 2.32. The number of rotatable bonds is 4. The molecule has 1 aliphatic carbocycles. The van der Waals surface area contributed by atoms with Crippen LogP contribution in [0, 0.1) is 12.8 Å². The van der Waals surface area contributed by atoms with E-state index in [0.29, 0.717) is 6.04 Å². The van der Waals surface area contributed by atoms with Gasteiger partial charge in [0.25, 0.3) is 0 Å². The van der Waals surface area contributed by atoms with Gasteiger partial charge in [-0.05, 0) is 38.6 Å². The van der Waals surface area contributed by atoms with Crippen molar-refractivity contribution in [1.29, 1.82) is 0 Å². The zero-order valence-corrected chi connectivity index (χ0v) is 11.9. The Morgan fingerprint density at radius 1 is 1.45 bits per heavy atom. The Morgan fingerprint density at radius 3 is 3.15 bits per heavy atom. The van der Waals surface area contributed by atoms with Crippen molar-refractivity contribution in [1.82, 2.24) is 14.9 Å². The molecule has 0 aromatic carbocycles. The molecule has 0 saturated heterocycles. The van der Waals surface area contributed by atoms with E-state index in [4.69, 9.17) is 0 Å². The molecular weight excluding hydrogens is 250 g/mol. The number of amidine groups is 1. The number of hydrogen-bond donors (Lipinski definition) is 2. The fraction of sp³-hybridized carbons (Fsp3) is 0.600. The quantitative estimate of drug-likeness (QED) is 0.884. The predicted octanol–water partition coefficient (Wildman–Crippen LogP) is 2.36. The van der Waals surface area contributed by atoms with E-state index in [1.807, 2.05) is 6.20 Å². The highest BCUT2D eigenvalue weighted by molar-refractivity contribution is 6.01. The molecule has 3 aliphatic rings. The van der Waals surface area contributed by atoms with E-state index >= 15 is 0 Å². The fourth-order valence-corrected chi connectivity index (χ4v) is 3.29. The smallest absolute Gasteiger partial charge is 0.209 e. The average Bonchev–Trinajstić information content (AvgIpc) is 2.88. The molecule has 1 saturated carbocycles. The normalized spacial score (nSPS) is 23.9. The van der Waals surface area contributed by atoms with Gasteiger partial charge in [-0.25, -0.2) is 9.98 Å². The number of nitrogens with zero attached hydrogens (tertiary/aromatic N) is 3. The number of imidazole rings is 1. The van der Waals surface area contributed by atoms with Gasteiger partial charge in [-0.3, -0.25) is 0 Å². The number of allylic oxidation sites excluding steroid dienone is 1. The number of aliphatic imine (C=N–C) groups is 1. The first-order valence-electron chi connectivity index (χ1n) is 7.61. The van der Waals surface area contributed by atoms with Gasteiger partial charge >= 0.3 is 0 Å². The van der Waals surface area contributed by atoms with Gasteiger partial charge in [-0.1, -0.05) is 12.5 Å². The summed E-state index contributed by atoms with van der Waals surface area (Å²) >= 11 is 0. The van der Waals surface area contributed by atoms with Crippen molar-refractivity contribution in [2.45, 2.75) is 45.2 Å². The van der Waals surface area contributed by atoms with E-state index < -0.39 is 0 Å². The molecule has 0 bridgehead atoms. The zero-order valence-electron chi connectivity index (χ0n) is 11.9. The van der Waals surface area contributed by atoms with Crippen molar-refractivity contribution in [3.05, 3.63) is 23.7 Å². The summed E-state index contributed by atoms with van der Waals surface area (Å²) in [6.07, 6.45) is 9.21. The average molecular weight is 271 g/mol. The van der Waals surface area contributed by atoms with E-state index in [-0.39, 0.29) is 0 Å². The molecule has 4 rings (SSSR count). The first-order valence-corrected chi connectivity index (χ1v) is 7.61. The van der Waals surface area contributed by atoms with E-state index in [2.05, 4.69) is 38.2 Å². The summed E-state index contributed by atoms with van der Waals surface area (Å²) in [6.45, 7) is 4.15. The van der Waals surface area contributed by atoms with Gasteiger partial charge in [-0.2, -0.15) is 0 Å². The number of aryl methyl sites for hydroxylation is 1. The van der Waals surface area contributed by atoms with E-state index in [9.17, 15) is 0 Å². The molecule has 3 heterocycles. The molecule has 1 unspecified atom stereocenters. The molecule has 1 aromatic heterocycles. The largest absolute Gasteiger partial charge is 0.312 e. The van der Waals surface area contributed by atoms with Crippen molar-refractivity contribution in [3.8, 4) is 0 Å². The summed E-state index contributed by atoms with van der Waals surface area (Å²) in [5.41, 5.74) is 2.43. The van der Waals surface area contributed by atoms with Gasteiger partial charge in [0.2, 0.25) is 5.95 Å². The van der Waals surface area contributed by atoms with Gasteiger partial charge < -0.3 is 15.2 Å². The van der Waals surface area contributed by atoms with Crippen LogP contribution in [0.2, 0.25) is 0 Å². The minimum Gasteiger partial charge on any atom is -0.312 e. The second-order valence-electron chi connectivity index (χ2n) is 6.04. The van der Waals surface area contributed by atoms with Crippen molar-refractivity contribution >= 4 is 11.8 Å². The molecule has 1 fully saturated rings. The Bertz CT molecular complexity index is 579. The first kappa shape index (κ1) is 12.1. The van der Waals surface area contributed by atoms with Gasteiger partial charge in [0.15, 0.2) is 0 Å². The second-order valence-corrected chi connectivity index (χ2v) is 6.04. The van der Waals surface area contributed by atoms with Crippen LogP contribution in [0.3, 0.4) is 0 Å². The number of anilines is 1. The lowest BCUT2D eigenvalue weighted by Crippen LogP contribution is -2.28. The van der Waals surface area contributed by atoms with Crippen LogP contribution in [0.5, 0.6) is 0 Å². The number of hydrogen-bond acceptors (Lipinski definition) is 4. The van der Waals surface area contributed by atoms with Gasteiger partial charge in [0, 0.05) is 12.7 Å². The van der Waals surface area contributed by atoms with Crippen LogP contribution in [0.25, 0.3) is 0 Å². The molecule has 0 spiro atoms. The zero-order chi connectivity index (χ0) is 13.5. The Morgan fingerprint density at radius 2 is 2.35 bits per heavy atom. The summed E-state index contributed by atoms with van der Waals surface area (Å²) in [4.78, 5) is 9.07. The highest BCUT2D eigenvalue weighted by Gasteiger charge is 2.32. The molecule has 0 radical (unpaired) electrons. The van der Waals surface area contributed by atoms with Crippen LogP contribution in [0.15, 0.2) is 17.3 Å². The molecule has 20 heavy (non-hydrogen) atoms. The molecule has 1 atom stereocenters. The van der Waals surface area contributed by atoms with Gasteiger partial charge in [0.05, 0.1) is 17.4 Å². The minimum atomic E-state index is 0.316. The third kappa shape index (κ3) is 1.88. The van der Waals surface area contributed by atoms with Crippen LogP contribution < -0.4 is 10.6 Å². The predicted molar refractivity (Wildman–Crippen MR) is 79.9 cm³/mol. The van der Waals surface area contributed by atoms with Crippen molar-refractivity contribution in [3.63, 3.8) is 0 Å². The standard InChI is InChI=1S/C15H21N5/c1-10-13(9-16-8-11-4-2-5-11)20-12-6-3-7-17-14(12)19-15(20)18-10/h3,7,11-12,16H,2,4-6,8-9H2,1H3,(H,17,18,19). The lowest BCUT2D eigenvalue weighted by molar-refractivity contribution is 0.300. The molecule has 5 nitrogen and oxygen atoms in total. The monoisotopic (exact) mass is 271 g/mol. The van der Waals surface area contributed by atoms with Crippen LogP contribution in [0.1, 0.15) is 43.1 Å². The van der Waals surface area contributed by atoms with Crippen LogP contribution in [-0.4, -0.2) is 21.9 Å². The second kappa shape index (κ2) is 4.74.